The van der Waals surface area contributed by atoms with Crippen molar-refractivity contribution in [3.05, 3.63) is 0 Å². The zero-order chi connectivity index (χ0) is 7.40. The van der Waals surface area contributed by atoms with Gasteiger partial charge >= 0.3 is 0 Å². The van der Waals surface area contributed by atoms with Crippen LogP contribution in [-0.4, -0.2) is 48.8 Å². The number of amidine groups is 1. The van der Waals surface area contributed by atoms with Crippen LogP contribution in [0.25, 0.3) is 0 Å². The second kappa shape index (κ2) is 3.53. The van der Waals surface area contributed by atoms with Crippen LogP contribution in [0.4, 0.5) is 0 Å². The first-order chi connectivity index (χ1) is 4.84. The molecular formula is C6H12N2O2. The summed E-state index contributed by atoms with van der Waals surface area (Å²) in [5.41, 5.74) is 0. The number of rotatable bonds is 1. The Labute approximate surface area is 59.9 Å². The molecule has 0 unspecified atom stereocenters. The Bertz CT molecular complexity index is 121. The van der Waals surface area contributed by atoms with Crippen LogP contribution in [0.3, 0.4) is 0 Å². The zero-order valence-corrected chi connectivity index (χ0v) is 5.84. The first-order valence-corrected chi connectivity index (χ1v) is 3.35. The van der Waals surface area contributed by atoms with E-state index in [0.717, 1.165) is 13.1 Å². The number of aliphatic hydroxyl groups is 1. The number of hydrogen-bond acceptors (Lipinski definition) is 3. The van der Waals surface area contributed by atoms with Crippen molar-refractivity contribution < 1.29 is 9.84 Å². The Morgan fingerprint density at radius 1 is 1.50 bits per heavy atom. The molecule has 0 aliphatic carbocycles. The molecule has 1 saturated heterocycles. The van der Waals surface area contributed by atoms with Crippen molar-refractivity contribution >= 4 is 5.84 Å². The van der Waals surface area contributed by atoms with Gasteiger partial charge in [-0.15, -0.1) is 0 Å². The molecule has 10 heavy (non-hydrogen) atoms. The minimum atomic E-state index is -0.167. The predicted octanol–water partition coefficient (Wildman–Crippen LogP) is -0.712. The average molecular weight is 144 g/mol. The fourth-order valence-corrected chi connectivity index (χ4v) is 0.933. The second-order valence-corrected chi connectivity index (χ2v) is 2.20. The largest absolute Gasteiger partial charge is 0.388 e. The molecule has 0 aromatic carbocycles. The standard InChI is InChI=1S/C6H12N2O2/c7-6(5-9)8-1-3-10-4-2-8/h7,9H,1-5H2. The van der Waals surface area contributed by atoms with E-state index in [2.05, 4.69) is 0 Å². The molecule has 0 amide bonds. The maximum absolute atomic E-state index is 8.58. The fraction of sp³-hybridized carbons (Fsp3) is 0.833. The molecule has 0 bridgehead atoms. The van der Waals surface area contributed by atoms with E-state index in [1.54, 1.807) is 0 Å². The van der Waals surface area contributed by atoms with E-state index in [-0.39, 0.29) is 6.61 Å². The van der Waals surface area contributed by atoms with Crippen LogP contribution >= 0.6 is 0 Å². The van der Waals surface area contributed by atoms with Gasteiger partial charge in [0.25, 0.3) is 0 Å². The van der Waals surface area contributed by atoms with Gasteiger partial charge in [-0.25, -0.2) is 0 Å². The number of hydrogen-bond donors (Lipinski definition) is 2. The van der Waals surface area contributed by atoms with Crippen molar-refractivity contribution in [2.75, 3.05) is 32.9 Å². The van der Waals surface area contributed by atoms with Crippen molar-refractivity contribution in [1.29, 1.82) is 5.41 Å². The molecular weight excluding hydrogens is 132 g/mol. The zero-order valence-electron chi connectivity index (χ0n) is 5.84. The third-order valence-corrected chi connectivity index (χ3v) is 1.54. The summed E-state index contributed by atoms with van der Waals surface area (Å²) in [6.07, 6.45) is 0. The second-order valence-electron chi connectivity index (χ2n) is 2.20. The number of ether oxygens (including phenoxy) is 1. The molecule has 0 spiro atoms. The summed E-state index contributed by atoms with van der Waals surface area (Å²) >= 11 is 0. The summed E-state index contributed by atoms with van der Waals surface area (Å²) in [6.45, 7) is 2.64. The van der Waals surface area contributed by atoms with Crippen LogP contribution in [0.2, 0.25) is 0 Å². The van der Waals surface area contributed by atoms with Gasteiger partial charge in [-0.2, -0.15) is 0 Å². The monoisotopic (exact) mass is 144 g/mol. The molecule has 1 heterocycles. The molecule has 1 fully saturated rings. The van der Waals surface area contributed by atoms with Gasteiger partial charge in [0.1, 0.15) is 12.4 Å². The Morgan fingerprint density at radius 2 is 2.10 bits per heavy atom. The molecule has 1 rings (SSSR count). The van der Waals surface area contributed by atoms with E-state index >= 15 is 0 Å². The molecule has 4 nitrogen and oxygen atoms in total. The number of aliphatic hydroxyl groups excluding tert-OH is 1. The highest BCUT2D eigenvalue weighted by molar-refractivity contribution is 5.80. The molecule has 2 N–H and O–H groups in total. The number of morpholine rings is 1. The number of nitrogens with zero attached hydrogens (tertiary/aromatic N) is 1. The highest BCUT2D eigenvalue weighted by Gasteiger charge is 2.11. The smallest absolute Gasteiger partial charge is 0.122 e. The van der Waals surface area contributed by atoms with E-state index in [9.17, 15) is 0 Å². The normalized spacial score (nSPS) is 19.1. The summed E-state index contributed by atoms with van der Waals surface area (Å²) in [5, 5.41) is 15.8. The van der Waals surface area contributed by atoms with E-state index < -0.39 is 0 Å². The van der Waals surface area contributed by atoms with E-state index in [1.807, 2.05) is 4.90 Å². The topological polar surface area (TPSA) is 56.5 Å². The molecule has 0 aromatic heterocycles. The molecule has 58 valence electrons. The van der Waals surface area contributed by atoms with Crippen LogP contribution < -0.4 is 0 Å². The molecule has 1 aliphatic rings. The lowest BCUT2D eigenvalue weighted by Gasteiger charge is -2.27. The summed E-state index contributed by atoms with van der Waals surface area (Å²) in [5.74, 6) is 0.295. The fourth-order valence-electron chi connectivity index (χ4n) is 0.933. The van der Waals surface area contributed by atoms with Crippen LogP contribution in [0.1, 0.15) is 0 Å². The maximum atomic E-state index is 8.58. The SMILES string of the molecule is N=C(CO)N1CCOCC1. The molecule has 0 atom stereocenters. The van der Waals surface area contributed by atoms with Crippen molar-refractivity contribution in [2.45, 2.75) is 0 Å². The molecule has 0 radical (unpaired) electrons. The van der Waals surface area contributed by atoms with Crippen molar-refractivity contribution in [1.82, 2.24) is 4.90 Å². The quantitative estimate of drug-likeness (QED) is 0.377. The van der Waals surface area contributed by atoms with Crippen molar-refractivity contribution in [3.8, 4) is 0 Å². The van der Waals surface area contributed by atoms with Crippen molar-refractivity contribution in [3.63, 3.8) is 0 Å². The average Bonchev–Trinajstić information content (AvgIpc) is 2.05. The first-order valence-electron chi connectivity index (χ1n) is 3.35. The summed E-state index contributed by atoms with van der Waals surface area (Å²) < 4.78 is 5.07. The van der Waals surface area contributed by atoms with Crippen LogP contribution in [0, 0.1) is 5.41 Å². The maximum Gasteiger partial charge on any atom is 0.122 e. The minimum Gasteiger partial charge on any atom is -0.388 e. The molecule has 0 aromatic rings. The van der Waals surface area contributed by atoms with Gasteiger partial charge in [-0.05, 0) is 0 Å². The van der Waals surface area contributed by atoms with Gasteiger partial charge in [0, 0.05) is 13.1 Å². The summed E-state index contributed by atoms with van der Waals surface area (Å²) in [6, 6.07) is 0. The van der Waals surface area contributed by atoms with Gasteiger partial charge in [-0.3, -0.25) is 5.41 Å². The Hall–Kier alpha value is -0.610. The van der Waals surface area contributed by atoms with Gasteiger partial charge in [-0.1, -0.05) is 0 Å². The Kier molecular flexibility index (Phi) is 2.65. The summed E-state index contributed by atoms with van der Waals surface area (Å²) in [4.78, 5) is 1.82. The highest BCUT2D eigenvalue weighted by Crippen LogP contribution is 1.96. The number of nitrogens with one attached hydrogen (secondary N) is 1. The molecule has 1 aliphatic heterocycles. The van der Waals surface area contributed by atoms with Crippen LogP contribution in [-0.2, 0) is 4.74 Å². The predicted molar refractivity (Wildman–Crippen MR) is 37.2 cm³/mol. The van der Waals surface area contributed by atoms with Gasteiger partial charge in [0.2, 0.25) is 0 Å². The summed E-state index contributed by atoms with van der Waals surface area (Å²) in [7, 11) is 0. The Morgan fingerprint density at radius 3 is 2.60 bits per heavy atom. The molecule has 0 saturated carbocycles. The van der Waals surface area contributed by atoms with Gasteiger partial charge in [0.15, 0.2) is 0 Å². The van der Waals surface area contributed by atoms with E-state index in [0.29, 0.717) is 19.0 Å². The Balaban J connectivity index is 2.31. The minimum absolute atomic E-state index is 0.167. The van der Waals surface area contributed by atoms with Crippen molar-refractivity contribution in [2.24, 2.45) is 0 Å². The first kappa shape index (κ1) is 7.50. The van der Waals surface area contributed by atoms with Crippen LogP contribution in [0.5, 0.6) is 0 Å². The van der Waals surface area contributed by atoms with E-state index in [4.69, 9.17) is 15.3 Å². The molecule has 4 heteroatoms. The highest BCUT2D eigenvalue weighted by atomic mass is 16.5. The van der Waals surface area contributed by atoms with Gasteiger partial charge in [0.05, 0.1) is 13.2 Å². The lowest BCUT2D eigenvalue weighted by molar-refractivity contribution is 0.0653. The van der Waals surface area contributed by atoms with Gasteiger partial charge < -0.3 is 14.7 Å². The third kappa shape index (κ3) is 1.68. The van der Waals surface area contributed by atoms with Crippen LogP contribution in [0.15, 0.2) is 0 Å². The van der Waals surface area contributed by atoms with E-state index in [1.165, 1.54) is 0 Å². The lowest BCUT2D eigenvalue weighted by atomic mass is 10.4. The third-order valence-electron chi connectivity index (χ3n) is 1.54. The lowest BCUT2D eigenvalue weighted by Crippen LogP contribution is -2.41.